The van der Waals surface area contributed by atoms with Crippen LogP contribution in [0.25, 0.3) is 5.69 Å². The Hall–Kier alpha value is -4.66. The van der Waals surface area contributed by atoms with Gasteiger partial charge in [-0.3, -0.25) is 9.78 Å². The summed E-state index contributed by atoms with van der Waals surface area (Å²) >= 11 is 0. The SMILES string of the molecule is CNC(=O)c1cc(Oc2ccc(N(C(N)=O)c3cc(C4CCCC4)nn3-c3cccc(C)c3)cc2)ccn1. The maximum Gasteiger partial charge on any atom is 0.325 e. The second-order valence-electron chi connectivity index (χ2n) is 9.39. The number of amides is 3. The smallest absolute Gasteiger partial charge is 0.325 e. The number of hydrogen-bond donors (Lipinski definition) is 2. The standard InChI is InChI=1S/C29H30N6O3/c1-19-6-5-9-22(16-19)35-27(18-25(33-35)20-7-3-4-8-20)34(29(30)37)21-10-12-23(13-11-21)38-24-14-15-32-26(17-24)28(36)31-2/h5-6,9-18,20H,3-4,7-8H2,1-2H3,(H2,30,37)(H,31,36). The van der Waals surface area contributed by atoms with Crippen molar-refractivity contribution in [2.45, 2.75) is 38.5 Å². The lowest BCUT2D eigenvalue weighted by Crippen LogP contribution is -2.33. The molecule has 2 heterocycles. The van der Waals surface area contributed by atoms with Crippen molar-refractivity contribution in [1.29, 1.82) is 0 Å². The monoisotopic (exact) mass is 510 g/mol. The molecule has 1 aliphatic carbocycles. The van der Waals surface area contributed by atoms with Gasteiger partial charge in [-0.25, -0.2) is 14.4 Å². The molecule has 9 nitrogen and oxygen atoms in total. The number of hydrogen-bond acceptors (Lipinski definition) is 5. The first-order chi connectivity index (χ1) is 18.4. The fourth-order valence-corrected chi connectivity index (χ4v) is 4.82. The van der Waals surface area contributed by atoms with Crippen molar-refractivity contribution in [3.63, 3.8) is 0 Å². The lowest BCUT2D eigenvalue weighted by atomic mass is 10.0. The van der Waals surface area contributed by atoms with E-state index in [0.29, 0.717) is 28.9 Å². The zero-order valence-corrected chi connectivity index (χ0v) is 21.4. The number of nitrogens with two attached hydrogens (primary N) is 1. The third-order valence-electron chi connectivity index (χ3n) is 6.70. The highest BCUT2D eigenvalue weighted by Gasteiger charge is 2.26. The summed E-state index contributed by atoms with van der Waals surface area (Å²) in [5, 5.41) is 7.48. The number of pyridine rings is 1. The summed E-state index contributed by atoms with van der Waals surface area (Å²) in [6, 6.07) is 19.6. The van der Waals surface area contributed by atoms with Crippen LogP contribution in [0.1, 0.15) is 53.3 Å². The molecule has 0 aliphatic heterocycles. The Morgan fingerprint density at radius 3 is 2.47 bits per heavy atom. The summed E-state index contributed by atoms with van der Waals surface area (Å²) in [6.45, 7) is 2.02. The van der Waals surface area contributed by atoms with Crippen LogP contribution in [-0.2, 0) is 0 Å². The minimum absolute atomic E-state index is 0.254. The molecule has 0 unspecified atom stereocenters. The van der Waals surface area contributed by atoms with E-state index in [0.717, 1.165) is 29.8 Å². The molecule has 9 heteroatoms. The molecule has 0 saturated heterocycles. The van der Waals surface area contributed by atoms with Gasteiger partial charge in [-0.15, -0.1) is 0 Å². The van der Waals surface area contributed by atoms with Crippen molar-refractivity contribution in [1.82, 2.24) is 20.1 Å². The van der Waals surface area contributed by atoms with Crippen LogP contribution in [0, 0.1) is 6.92 Å². The number of rotatable bonds is 7. The van der Waals surface area contributed by atoms with Gasteiger partial charge >= 0.3 is 6.03 Å². The first-order valence-corrected chi connectivity index (χ1v) is 12.7. The molecule has 2 aromatic heterocycles. The minimum Gasteiger partial charge on any atom is -0.457 e. The predicted molar refractivity (Wildman–Crippen MR) is 145 cm³/mol. The van der Waals surface area contributed by atoms with Gasteiger partial charge in [0.1, 0.15) is 23.0 Å². The van der Waals surface area contributed by atoms with E-state index >= 15 is 0 Å². The average molecular weight is 511 g/mol. The largest absolute Gasteiger partial charge is 0.457 e. The third kappa shape index (κ3) is 5.22. The Balaban J connectivity index is 1.48. The summed E-state index contributed by atoms with van der Waals surface area (Å²) in [7, 11) is 1.54. The van der Waals surface area contributed by atoms with Gasteiger partial charge in [0, 0.05) is 31.3 Å². The van der Waals surface area contributed by atoms with Crippen molar-refractivity contribution >= 4 is 23.4 Å². The lowest BCUT2D eigenvalue weighted by molar-refractivity contribution is 0.0958. The van der Waals surface area contributed by atoms with Crippen LogP contribution in [-0.4, -0.2) is 33.8 Å². The molecule has 1 saturated carbocycles. The van der Waals surface area contributed by atoms with Crippen molar-refractivity contribution in [3.8, 4) is 17.2 Å². The molecule has 0 spiro atoms. The Morgan fingerprint density at radius 1 is 1.03 bits per heavy atom. The molecule has 0 bridgehead atoms. The number of carbonyl (C=O) groups is 2. The quantitative estimate of drug-likeness (QED) is 0.336. The highest BCUT2D eigenvalue weighted by atomic mass is 16.5. The van der Waals surface area contributed by atoms with Crippen molar-refractivity contribution in [2.24, 2.45) is 5.73 Å². The molecular weight excluding hydrogens is 480 g/mol. The van der Waals surface area contributed by atoms with Gasteiger partial charge in [0.15, 0.2) is 0 Å². The van der Waals surface area contributed by atoms with E-state index in [1.54, 1.807) is 48.1 Å². The van der Waals surface area contributed by atoms with Crippen molar-refractivity contribution in [3.05, 3.63) is 89.9 Å². The summed E-state index contributed by atoms with van der Waals surface area (Å²) in [4.78, 5) is 30.2. The number of ether oxygens (including phenoxy) is 1. The van der Waals surface area contributed by atoms with Crippen LogP contribution in [0.5, 0.6) is 11.5 Å². The number of aryl methyl sites for hydroxylation is 1. The summed E-state index contributed by atoms with van der Waals surface area (Å²) in [5.41, 5.74) is 9.68. The summed E-state index contributed by atoms with van der Waals surface area (Å²) in [6.07, 6.45) is 6.05. The van der Waals surface area contributed by atoms with Crippen molar-refractivity contribution in [2.75, 3.05) is 11.9 Å². The first-order valence-electron chi connectivity index (χ1n) is 12.7. The minimum atomic E-state index is -0.616. The Bertz CT molecular complexity index is 1460. The summed E-state index contributed by atoms with van der Waals surface area (Å²) in [5.74, 6) is 1.65. The van der Waals surface area contributed by atoms with Gasteiger partial charge in [0.2, 0.25) is 0 Å². The average Bonchev–Trinajstić information content (AvgIpc) is 3.60. The number of nitrogens with one attached hydrogen (secondary N) is 1. The van der Waals surface area contributed by atoms with Gasteiger partial charge in [-0.05, 0) is 67.8 Å². The molecule has 5 rings (SSSR count). The van der Waals surface area contributed by atoms with E-state index in [1.807, 2.05) is 37.3 Å². The van der Waals surface area contributed by atoms with Gasteiger partial charge in [0.05, 0.1) is 17.1 Å². The number of aromatic nitrogens is 3. The van der Waals surface area contributed by atoms with Crippen LogP contribution < -0.4 is 20.7 Å². The predicted octanol–water partition coefficient (Wildman–Crippen LogP) is 5.60. The highest BCUT2D eigenvalue weighted by Crippen LogP contribution is 2.38. The lowest BCUT2D eigenvalue weighted by Gasteiger charge is -2.22. The third-order valence-corrected chi connectivity index (χ3v) is 6.70. The second-order valence-corrected chi connectivity index (χ2v) is 9.39. The van der Waals surface area contributed by atoms with Crippen LogP contribution in [0.4, 0.5) is 16.3 Å². The normalized spacial score (nSPS) is 13.3. The Labute approximate surface area is 221 Å². The van der Waals surface area contributed by atoms with Gasteiger partial charge in [-0.1, -0.05) is 25.0 Å². The maximum atomic E-state index is 12.8. The summed E-state index contributed by atoms with van der Waals surface area (Å²) < 4.78 is 7.72. The number of carbonyl (C=O) groups excluding carboxylic acids is 2. The van der Waals surface area contributed by atoms with Crippen LogP contribution >= 0.6 is 0 Å². The first kappa shape index (κ1) is 25.0. The molecule has 3 N–H and O–H groups in total. The van der Waals surface area contributed by atoms with Crippen molar-refractivity contribution < 1.29 is 14.3 Å². The number of anilines is 2. The molecule has 0 radical (unpaired) electrons. The van der Waals surface area contributed by atoms with Crippen LogP contribution in [0.3, 0.4) is 0 Å². The van der Waals surface area contributed by atoms with E-state index in [4.69, 9.17) is 15.6 Å². The van der Waals surface area contributed by atoms with Gasteiger partial charge < -0.3 is 15.8 Å². The molecule has 0 atom stereocenters. The van der Waals surface area contributed by atoms with E-state index < -0.39 is 6.03 Å². The fraction of sp³-hybridized carbons (Fsp3) is 0.241. The van der Waals surface area contributed by atoms with Crippen LogP contribution in [0.2, 0.25) is 0 Å². The van der Waals surface area contributed by atoms with E-state index in [2.05, 4.69) is 10.3 Å². The second kappa shape index (κ2) is 10.8. The molecule has 2 aromatic carbocycles. The molecule has 1 aliphatic rings. The molecule has 3 amide bonds. The van der Waals surface area contributed by atoms with Gasteiger partial charge in [-0.2, -0.15) is 5.10 Å². The van der Waals surface area contributed by atoms with Gasteiger partial charge in [0.25, 0.3) is 5.91 Å². The zero-order chi connectivity index (χ0) is 26.6. The van der Waals surface area contributed by atoms with E-state index in [9.17, 15) is 9.59 Å². The molecule has 4 aromatic rings. The van der Waals surface area contributed by atoms with E-state index in [1.165, 1.54) is 23.9 Å². The van der Waals surface area contributed by atoms with Crippen LogP contribution in [0.15, 0.2) is 72.9 Å². The number of primary amides is 1. The number of urea groups is 1. The number of nitrogens with zero attached hydrogens (tertiary/aromatic N) is 4. The molecule has 38 heavy (non-hydrogen) atoms. The fourth-order valence-electron chi connectivity index (χ4n) is 4.82. The maximum absolute atomic E-state index is 12.8. The Morgan fingerprint density at radius 2 is 1.79 bits per heavy atom. The Kier molecular flexibility index (Phi) is 7.08. The molecule has 1 fully saturated rings. The molecular formula is C29H30N6O3. The molecule has 194 valence electrons. The highest BCUT2D eigenvalue weighted by molar-refractivity contribution is 5.98. The topological polar surface area (TPSA) is 115 Å². The zero-order valence-electron chi connectivity index (χ0n) is 21.4. The van der Waals surface area contributed by atoms with E-state index in [-0.39, 0.29) is 11.6 Å². The number of benzene rings is 2.